The largest absolute Gasteiger partial charge is 0.295 e. The molecule has 0 fully saturated rings. The van der Waals surface area contributed by atoms with Crippen LogP contribution < -0.4 is 10.1 Å². The first-order valence-electron chi connectivity index (χ1n) is 9.20. The number of hydrazone groups is 1. The molecule has 0 aliphatic heterocycles. The van der Waals surface area contributed by atoms with Gasteiger partial charge in [-0.2, -0.15) is 5.10 Å². The maximum absolute atomic E-state index is 13.8. The monoisotopic (exact) mass is 476 g/mol. The molecular formula is C21H18ClFN4O4S. The van der Waals surface area contributed by atoms with E-state index < -0.39 is 26.5 Å². The highest BCUT2D eigenvalue weighted by atomic mass is 35.5. The van der Waals surface area contributed by atoms with Gasteiger partial charge in [-0.05, 0) is 49.7 Å². The van der Waals surface area contributed by atoms with Crippen LogP contribution in [0, 0.1) is 29.8 Å². The van der Waals surface area contributed by atoms with E-state index in [1.54, 1.807) is 19.1 Å². The van der Waals surface area contributed by atoms with Crippen molar-refractivity contribution in [3.05, 3.63) is 92.2 Å². The molecule has 3 rings (SSSR count). The lowest BCUT2D eigenvalue weighted by Gasteiger charge is -2.12. The van der Waals surface area contributed by atoms with Crippen molar-refractivity contribution >= 4 is 44.9 Å². The summed E-state index contributed by atoms with van der Waals surface area (Å²) in [4.78, 5) is 10.5. The van der Waals surface area contributed by atoms with Crippen molar-refractivity contribution < 1.29 is 17.7 Å². The summed E-state index contributed by atoms with van der Waals surface area (Å²) in [7, 11) is -4.08. The molecule has 0 atom stereocenters. The Morgan fingerprint density at radius 1 is 1.09 bits per heavy atom. The maximum Gasteiger partial charge on any atom is 0.295 e. The number of aryl methyl sites for hydroxylation is 2. The molecule has 2 N–H and O–H groups in total. The Morgan fingerprint density at radius 2 is 1.81 bits per heavy atom. The third-order valence-electron chi connectivity index (χ3n) is 4.48. The molecule has 0 heterocycles. The second-order valence-electron chi connectivity index (χ2n) is 6.87. The van der Waals surface area contributed by atoms with Crippen LogP contribution in [0.5, 0.6) is 0 Å². The van der Waals surface area contributed by atoms with Crippen LogP contribution in [0.2, 0.25) is 5.02 Å². The number of rotatable bonds is 7. The van der Waals surface area contributed by atoms with Gasteiger partial charge in [0, 0.05) is 11.6 Å². The van der Waals surface area contributed by atoms with Crippen molar-refractivity contribution in [2.45, 2.75) is 18.7 Å². The number of nitro groups is 1. The zero-order valence-corrected chi connectivity index (χ0v) is 18.5. The lowest BCUT2D eigenvalue weighted by molar-refractivity contribution is -0.384. The van der Waals surface area contributed by atoms with Gasteiger partial charge in [-0.15, -0.1) is 0 Å². The fourth-order valence-corrected chi connectivity index (χ4v) is 4.22. The SMILES string of the molecule is Cc1ccc(NS(=O)(=O)c2ccc(NN=Cc3c(F)cccc3Cl)c([N+](=O)[O-])c2)c(C)c1. The minimum atomic E-state index is -4.08. The Bertz CT molecular complexity index is 1310. The molecule has 8 nitrogen and oxygen atoms in total. The molecule has 0 aliphatic rings. The zero-order chi connectivity index (χ0) is 23.5. The van der Waals surface area contributed by atoms with Crippen LogP contribution in [0.25, 0.3) is 0 Å². The van der Waals surface area contributed by atoms with Gasteiger partial charge in [0.25, 0.3) is 15.7 Å². The smallest absolute Gasteiger partial charge is 0.279 e. The molecular weight excluding hydrogens is 459 g/mol. The summed E-state index contributed by atoms with van der Waals surface area (Å²) in [5, 5.41) is 15.4. The normalized spacial score (nSPS) is 11.5. The molecule has 0 radical (unpaired) electrons. The Hall–Kier alpha value is -3.50. The van der Waals surface area contributed by atoms with Crippen molar-refractivity contribution in [1.82, 2.24) is 0 Å². The highest BCUT2D eigenvalue weighted by Crippen LogP contribution is 2.29. The summed E-state index contributed by atoms with van der Waals surface area (Å²) in [6.45, 7) is 3.63. The lowest BCUT2D eigenvalue weighted by atomic mass is 10.1. The Kier molecular flexibility index (Phi) is 6.75. The van der Waals surface area contributed by atoms with E-state index in [2.05, 4.69) is 15.2 Å². The molecule has 3 aromatic carbocycles. The minimum Gasteiger partial charge on any atom is -0.279 e. The Balaban J connectivity index is 1.88. The van der Waals surface area contributed by atoms with Gasteiger partial charge in [0.05, 0.1) is 26.7 Å². The zero-order valence-electron chi connectivity index (χ0n) is 17.0. The Labute approximate surface area is 188 Å². The van der Waals surface area contributed by atoms with Crippen molar-refractivity contribution in [3.8, 4) is 0 Å². The van der Waals surface area contributed by atoms with E-state index in [1.165, 1.54) is 30.3 Å². The van der Waals surface area contributed by atoms with Crippen LogP contribution in [0.3, 0.4) is 0 Å². The molecule has 166 valence electrons. The molecule has 0 aliphatic carbocycles. The molecule has 0 aromatic heterocycles. The van der Waals surface area contributed by atoms with Crippen LogP contribution in [0.1, 0.15) is 16.7 Å². The summed E-state index contributed by atoms with van der Waals surface area (Å²) in [6.07, 6.45) is 1.08. The quantitative estimate of drug-likeness (QED) is 0.274. The second-order valence-corrected chi connectivity index (χ2v) is 8.95. The topological polar surface area (TPSA) is 114 Å². The molecule has 0 spiro atoms. The summed E-state index contributed by atoms with van der Waals surface area (Å²) in [6, 6.07) is 12.6. The van der Waals surface area contributed by atoms with Crippen LogP contribution in [-0.2, 0) is 10.0 Å². The number of nitrogens with zero attached hydrogens (tertiary/aromatic N) is 2. The number of nitro benzene ring substituents is 1. The van der Waals surface area contributed by atoms with Gasteiger partial charge in [-0.25, -0.2) is 12.8 Å². The third kappa shape index (κ3) is 5.21. The lowest BCUT2D eigenvalue weighted by Crippen LogP contribution is -2.14. The van der Waals surface area contributed by atoms with E-state index in [-0.39, 0.29) is 21.2 Å². The molecule has 3 aromatic rings. The van der Waals surface area contributed by atoms with E-state index >= 15 is 0 Å². The van der Waals surface area contributed by atoms with Gasteiger partial charge in [-0.3, -0.25) is 20.3 Å². The van der Waals surface area contributed by atoms with Gasteiger partial charge in [0.15, 0.2) is 0 Å². The van der Waals surface area contributed by atoms with E-state index in [4.69, 9.17) is 11.6 Å². The number of hydrogen-bond acceptors (Lipinski definition) is 6. The predicted octanol–water partition coefficient (Wildman–Crippen LogP) is 5.25. The van der Waals surface area contributed by atoms with Crippen molar-refractivity contribution in [1.29, 1.82) is 0 Å². The molecule has 0 saturated carbocycles. The number of benzene rings is 3. The first kappa shape index (κ1) is 23.2. The number of sulfonamides is 1. The van der Waals surface area contributed by atoms with Crippen LogP contribution in [-0.4, -0.2) is 19.6 Å². The van der Waals surface area contributed by atoms with E-state index in [1.807, 2.05) is 13.0 Å². The van der Waals surface area contributed by atoms with Crippen molar-refractivity contribution in [2.24, 2.45) is 5.10 Å². The Morgan fingerprint density at radius 3 is 2.47 bits per heavy atom. The molecule has 11 heteroatoms. The second kappa shape index (κ2) is 9.33. The van der Waals surface area contributed by atoms with Gasteiger partial charge in [0.1, 0.15) is 11.5 Å². The van der Waals surface area contributed by atoms with Crippen LogP contribution in [0.4, 0.5) is 21.5 Å². The molecule has 0 unspecified atom stereocenters. The summed E-state index contributed by atoms with van der Waals surface area (Å²) in [5.74, 6) is -0.614. The molecule has 32 heavy (non-hydrogen) atoms. The predicted molar refractivity (Wildman–Crippen MR) is 122 cm³/mol. The van der Waals surface area contributed by atoms with Gasteiger partial charge < -0.3 is 0 Å². The maximum atomic E-state index is 13.8. The van der Waals surface area contributed by atoms with Gasteiger partial charge in [0.2, 0.25) is 0 Å². The van der Waals surface area contributed by atoms with Gasteiger partial charge >= 0.3 is 0 Å². The van der Waals surface area contributed by atoms with Crippen LogP contribution >= 0.6 is 11.6 Å². The number of halogens is 2. The average molecular weight is 477 g/mol. The number of anilines is 2. The minimum absolute atomic E-state index is 0.00110. The molecule has 0 amide bonds. The first-order chi connectivity index (χ1) is 15.1. The molecule has 0 bridgehead atoms. The summed E-state index contributed by atoms with van der Waals surface area (Å²) < 4.78 is 41.8. The van der Waals surface area contributed by atoms with E-state index in [0.29, 0.717) is 11.3 Å². The summed E-state index contributed by atoms with van der Waals surface area (Å²) >= 11 is 5.91. The van der Waals surface area contributed by atoms with Gasteiger partial charge in [-0.1, -0.05) is 35.4 Å². The van der Waals surface area contributed by atoms with Crippen LogP contribution in [0.15, 0.2) is 64.6 Å². The van der Waals surface area contributed by atoms with Crippen molar-refractivity contribution in [2.75, 3.05) is 10.1 Å². The third-order valence-corrected chi connectivity index (χ3v) is 6.17. The fraction of sp³-hybridized carbons (Fsp3) is 0.0952. The standard InChI is InChI=1S/C21H18ClFN4O4S/c1-13-6-8-19(14(2)10-13)26-32(30,31)15-7-9-20(21(11-15)27(28)29)25-24-12-16-17(22)4-3-5-18(16)23/h3-12,25-26H,1-2H3. The summed E-state index contributed by atoms with van der Waals surface area (Å²) in [5.41, 5.74) is 3.87. The fourth-order valence-electron chi connectivity index (χ4n) is 2.86. The highest BCUT2D eigenvalue weighted by molar-refractivity contribution is 7.92. The molecule has 0 saturated heterocycles. The highest BCUT2D eigenvalue weighted by Gasteiger charge is 2.22. The number of hydrogen-bond donors (Lipinski definition) is 2. The van der Waals surface area contributed by atoms with E-state index in [9.17, 15) is 22.9 Å². The average Bonchev–Trinajstić information content (AvgIpc) is 2.72. The van der Waals surface area contributed by atoms with E-state index in [0.717, 1.165) is 17.8 Å². The van der Waals surface area contributed by atoms with Crippen molar-refractivity contribution in [3.63, 3.8) is 0 Å². The first-order valence-corrected chi connectivity index (χ1v) is 11.1. The number of nitrogens with one attached hydrogen (secondary N) is 2.